The Balaban J connectivity index is 1.60. The average Bonchev–Trinajstić information content (AvgIpc) is 3.12. The predicted octanol–water partition coefficient (Wildman–Crippen LogP) is 3.66. The van der Waals surface area contributed by atoms with Crippen molar-refractivity contribution in [3.05, 3.63) is 54.0 Å². The Morgan fingerprint density at radius 2 is 2.21 bits per heavy atom. The summed E-state index contributed by atoms with van der Waals surface area (Å²) in [5, 5.41) is 2.50. The fourth-order valence-corrected chi connectivity index (χ4v) is 3.74. The number of carbonyl (C=O) groups excluding carboxylic acids is 1. The highest BCUT2D eigenvalue weighted by Crippen LogP contribution is 2.34. The van der Waals surface area contributed by atoms with Gasteiger partial charge in [-0.1, -0.05) is 6.07 Å². The summed E-state index contributed by atoms with van der Waals surface area (Å²) in [6, 6.07) is 3.34. The van der Waals surface area contributed by atoms with Crippen molar-refractivity contribution >= 4 is 6.03 Å². The van der Waals surface area contributed by atoms with Crippen molar-refractivity contribution in [1.82, 2.24) is 20.1 Å². The Morgan fingerprint density at radius 3 is 2.86 bits per heavy atom. The third-order valence-corrected chi connectivity index (χ3v) is 5.21. The Morgan fingerprint density at radius 1 is 1.41 bits per heavy atom. The molecule has 29 heavy (non-hydrogen) atoms. The van der Waals surface area contributed by atoms with Gasteiger partial charge in [-0.25, -0.2) is 9.18 Å². The van der Waals surface area contributed by atoms with Gasteiger partial charge in [-0.2, -0.15) is 13.2 Å². The molecule has 1 aliphatic heterocycles. The number of halogens is 4. The van der Waals surface area contributed by atoms with Crippen LogP contribution in [0.4, 0.5) is 22.4 Å². The number of likely N-dealkylation sites (tertiary alicyclic amines) is 1. The molecular weight excluding hydrogens is 388 g/mol. The maximum Gasteiger partial charge on any atom is 0.398 e. The fraction of sp³-hybridized carbons (Fsp3) is 0.500. The monoisotopic (exact) mass is 412 g/mol. The maximum absolute atomic E-state index is 13.6. The van der Waals surface area contributed by atoms with Gasteiger partial charge >= 0.3 is 12.2 Å². The van der Waals surface area contributed by atoms with Crippen LogP contribution in [0, 0.1) is 5.92 Å². The van der Waals surface area contributed by atoms with Crippen molar-refractivity contribution in [3.8, 4) is 0 Å². The standard InChI is InChI=1S/C20H24F4N4O/c1-2-28(16-7-9-27(13-16)12-14-4-3-8-25-11-14)19(29)26-15-5-6-18(21)17(10-15)20(22,23)24/h3-6,8,10-11,16-18H,2,7,9,12-13H2,1H3,(H,26,29). The molecule has 0 bridgehead atoms. The van der Waals surface area contributed by atoms with Crippen molar-refractivity contribution < 1.29 is 22.4 Å². The van der Waals surface area contributed by atoms with E-state index in [1.165, 1.54) is 6.08 Å². The van der Waals surface area contributed by atoms with Crippen LogP contribution in [0.2, 0.25) is 0 Å². The summed E-state index contributed by atoms with van der Waals surface area (Å²) in [6.45, 7) is 4.45. The minimum absolute atomic E-state index is 0.0325. The molecule has 1 N–H and O–H groups in total. The van der Waals surface area contributed by atoms with Crippen molar-refractivity contribution in [3.63, 3.8) is 0 Å². The van der Waals surface area contributed by atoms with Crippen molar-refractivity contribution in [2.24, 2.45) is 5.92 Å². The molecule has 1 aromatic heterocycles. The van der Waals surface area contributed by atoms with Gasteiger partial charge < -0.3 is 10.2 Å². The molecule has 3 rings (SSSR count). The number of allylic oxidation sites excluding steroid dienone is 3. The fourth-order valence-electron chi connectivity index (χ4n) is 3.74. The molecule has 0 radical (unpaired) electrons. The van der Waals surface area contributed by atoms with Crippen LogP contribution < -0.4 is 5.32 Å². The largest absolute Gasteiger partial charge is 0.398 e. The van der Waals surface area contributed by atoms with E-state index in [0.29, 0.717) is 13.1 Å². The lowest BCUT2D eigenvalue weighted by Gasteiger charge is -2.29. The van der Waals surface area contributed by atoms with Gasteiger partial charge in [0.25, 0.3) is 0 Å². The van der Waals surface area contributed by atoms with Crippen molar-refractivity contribution in [2.75, 3.05) is 19.6 Å². The van der Waals surface area contributed by atoms with Crippen molar-refractivity contribution in [1.29, 1.82) is 0 Å². The molecule has 1 aromatic rings. The molecule has 0 saturated carbocycles. The molecule has 158 valence electrons. The highest BCUT2D eigenvalue weighted by molar-refractivity contribution is 5.77. The second-order valence-corrected chi connectivity index (χ2v) is 7.25. The molecule has 0 spiro atoms. The van der Waals surface area contributed by atoms with Crippen LogP contribution in [0.5, 0.6) is 0 Å². The number of amides is 2. The molecule has 1 saturated heterocycles. The first-order chi connectivity index (χ1) is 13.8. The van der Waals surface area contributed by atoms with E-state index in [1.54, 1.807) is 17.3 Å². The number of hydrogen-bond acceptors (Lipinski definition) is 3. The van der Waals surface area contributed by atoms with E-state index in [4.69, 9.17) is 0 Å². The molecule has 1 aliphatic carbocycles. The van der Waals surface area contributed by atoms with Gasteiger partial charge in [0.05, 0.1) is 0 Å². The molecule has 5 nitrogen and oxygen atoms in total. The number of nitrogens with zero attached hydrogens (tertiary/aromatic N) is 3. The molecule has 2 amide bonds. The summed E-state index contributed by atoms with van der Waals surface area (Å²) < 4.78 is 52.4. The van der Waals surface area contributed by atoms with E-state index < -0.39 is 24.3 Å². The number of nitrogens with one attached hydrogen (secondary N) is 1. The first-order valence-corrected chi connectivity index (χ1v) is 9.57. The normalized spacial score (nSPS) is 25.0. The Hall–Kier alpha value is -2.42. The van der Waals surface area contributed by atoms with Crippen LogP contribution in [-0.2, 0) is 6.54 Å². The third-order valence-electron chi connectivity index (χ3n) is 5.21. The number of likely N-dealkylation sites (N-methyl/N-ethyl adjacent to an activating group) is 1. The second-order valence-electron chi connectivity index (χ2n) is 7.25. The van der Waals surface area contributed by atoms with Gasteiger partial charge in [0.1, 0.15) is 12.1 Å². The van der Waals surface area contributed by atoms with Crippen LogP contribution in [0.3, 0.4) is 0 Å². The Labute approximate surface area is 167 Å². The summed E-state index contributed by atoms with van der Waals surface area (Å²) in [7, 11) is 0. The highest BCUT2D eigenvalue weighted by Gasteiger charge is 2.44. The molecule has 2 heterocycles. The molecule has 2 aliphatic rings. The third kappa shape index (κ3) is 5.35. The lowest BCUT2D eigenvalue weighted by molar-refractivity contribution is -0.172. The summed E-state index contributed by atoms with van der Waals surface area (Å²) >= 11 is 0. The van der Waals surface area contributed by atoms with E-state index in [2.05, 4.69) is 15.2 Å². The topological polar surface area (TPSA) is 48.5 Å². The zero-order chi connectivity index (χ0) is 21.0. The number of rotatable bonds is 5. The Bertz CT molecular complexity index is 765. The van der Waals surface area contributed by atoms with Crippen molar-refractivity contribution in [2.45, 2.75) is 38.3 Å². The summed E-state index contributed by atoms with van der Waals surface area (Å²) in [6.07, 6.45) is 0.180. The summed E-state index contributed by atoms with van der Waals surface area (Å²) in [5.74, 6) is -2.25. The van der Waals surface area contributed by atoms with E-state index in [-0.39, 0.29) is 11.7 Å². The number of pyridine rings is 1. The van der Waals surface area contributed by atoms with Crippen LogP contribution in [0.15, 0.2) is 48.5 Å². The average molecular weight is 412 g/mol. The van der Waals surface area contributed by atoms with E-state index in [1.807, 2.05) is 19.1 Å². The quantitative estimate of drug-likeness (QED) is 0.751. The zero-order valence-corrected chi connectivity index (χ0v) is 16.1. The van der Waals surface area contributed by atoms with Crippen LogP contribution >= 0.6 is 0 Å². The van der Waals surface area contributed by atoms with E-state index in [0.717, 1.165) is 37.2 Å². The van der Waals surface area contributed by atoms with Gasteiger partial charge in [0.15, 0.2) is 0 Å². The molecule has 9 heteroatoms. The lowest BCUT2D eigenvalue weighted by atomic mass is 9.96. The number of aromatic nitrogens is 1. The smallest absolute Gasteiger partial charge is 0.320 e. The predicted molar refractivity (Wildman–Crippen MR) is 100 cm³/mol. The molecule has 0 aromatic carbocycles. The van der Waals surface area contributed by atoms with Crippen LogP contribution in [-0.4, -0.2) is 58.8 Å². The van der Waals surface area contributed by atoms with Crippen LogP contribution in [0.1, 0.15) is 18.9 Å². The lowest BCUT2D eigenvalue weighted by Crippen LogP contribution is -2.47. The molecular formula is C20H24F4N4O. The van der Waals surface area contributed by atoms with Crippen LogP contribution in [0.25, 0.3) is 0 Å². The van der Waals surface area contributed by atoms with E-state index >= 15 is 0 Å². The molecule has 1 fully saturated rings. The first kappa shape index (κ1) is 21.3. The van der Waals surface area contributed by atoms with Gasteiger partial charge in [-0.15, -0.1) is 0 Å². The second kappa shape index (κ2) is 8.94. The number of hydrogen-bond donors (Lipinski definition) is 1. The minimum Gasteiger partial charge on any atom is -0.320 e. The Kier molecular flexibility index (Phi) is 6.56. The number of alkyl halides is 4. The van der Waals surface area contributed by atoms with Gasteiger partial charge in [-0.3, -0.25) is 9.88 Å². The van der Waals surface area contributed by atoms with Gasteiger partial charge in [-0.05, 0) is 43.2 Å². The summed E-state index contributed by atoms with van der Waals surface area (Å²) in [5.41, 5.74) is 1.05. The van der Waals surface area contributed by atoms with E-state index in [9.17, 15) is 22.4 Å². The molecule has 3 atom stereocenters. The highest BCUT2D eigenvalue weighted by atomic mass is 19.4. The zero-order valence-electron chi connectivity index (χ0n) is 16.1. The SMILES string of the molecule is CCN(C(=O)NC1=CC(C(F)(F)F)C(F)C=C1)C1CCN(Cc2cccnc2)C1. The number of carbonyl (C=O) groups is 1. The van der Waals surface area contributed by atoms with Gasteiger partial charge in [0.2, 0.25) is 0 Å². The minimum atomic E-state index is -4.71. The maximum atomic E-state index is 13.6. The summed E-state index contributed by atoms with van der Waals surface area (Å²) in [4.78, 5) is 20.6. The first-order valence-electron chi connectivity index (χ1n) is 9.57. The molecule has 3 unspecified atom stereocenters. The van der Waals surface area contributed by atoms with Gasteiger partial charge in [0, 0.05) is 50.3 Å². The number of urea groups is 1.